The number of hydrogen-bond donors (Lipinski definition) is 6. The van der Waals surface area contributed by atoms with E-state index in [1.54, 1.807) is 13.8 Å². The molecule has 1 aliphatic heterocycles. The highest BCUT2D eigenvalue weighted by Crippen LogP contribution is 2.51. The number of alkyl halides is 2. The molecule has 6 atom stereocenters. The molecule has 0 aromatic rings. The summed E-state index contributed by atoms with van der Waals surface area (Å²) in [6.07, 6.45) is -5.96. The Bertz CT molecular complexity index is 811. The molecule has 4 amide bonds. The fourth-order valence-electron chi connectivity index (χ4n) is 2.94. The van der Waals surface area contributed by atoms with Gasteiger partial charge in [-0.2, -0.15) is 10.0 Å². The largest absolute Gasteiger partial charge is 0.394 e. The van der Waals surface area contributed by atoms with Gasteiger partial charge in [-0.15, -0.1) is 33.0 Å². The molecule has 228 valence electrons. The topological polar surface area (TPSA) is 249 Å². The van der Waals surface area contributed by atoms with E-state index in [1.165, 1.54) is 6.92 Å². The number of aliphatic hydroxyl groups excluding tert-OH is 4. The quantitative estimate of drug-likeness (QED) is 0.0655. The molecule has 0 radical (unpaired) electrons. The molecule has 1 aliphatic rings. The van der Waals surface area contributed by atoms with Crippen LogP contribution >= 0.6 is 30.8 Å². The number of ether oxygens (including phenoxy) is 1. The summed E-state index contributed by atoms with van der Waals surface area (Å²) in [5.41, 5.74) is 0. The van der Waals surface area contributed by atoms with Gasteiger partial charge in [-0.1, -0.05) is 0 Å². The van der Waals surface area contributed by atoms with Gasteiger partial charge in [0.2, 0.25) is 0 Å². The summed E-state index contributed by atoms with van der Waals surface area (Å²) < 4.78 is 27.3. The zero-order valence-electron chi connectivity index (χ0n) is 21.5. The zero-order chi connectivity index (χ0) is 30.2. The fourth-order valence-corrected chi connectivity index (χ4v) is 4.77. The van der Waals surface area contributed by atoms with E-state index in [0.717, 1.165) is 0 Å². The maximum Gasteiger partial charge on any atom is 0.352 e. The van der Waals surface area contributed by atoms with E-state index in [2.05, 4.69) is 21.2 Å². The monoisotopic (exact) mass is 628 g/mol. The number of nitrogens with zero attached hydrogens (tertiary/aromatic N) is 4. The van der Waals surface area contributed by atoms with Crippen LogP contribution in [0.1, 0.15) is 20.8 Å². The van der Waals surface area contributed by atoms with Crippen molar-refractivity contribution in [1.82, 2.24) is 20.7 Å². The number of carbonyl (C=O) groups is 2. The van der Waals surface area contributed by atoms with Gasteiger partial charge in [0.25, 0.3) is 0 Å². The predicted molar refractivity (Wildman–Crippen MR) is 138 cm³/mol. The molecule has 0 saturated carbocycles. The molecule has 0 bridgehead atoms. The minimum Gasteiger partial charge on any atom is -0.394 e. The van der Waals surface area contributed by atoms with Crippen molar-refractivity contribution >= 4 is 42.9 Å². The van der Waals surface area contributed by atoms with Crippen molar-refractivity contribution in [3.8, 4) is 0 Å². The summed E-state index contributed by atoms with van der Waals surface area (Å²) in [5, 5.41) is 48.3. The molecule has 1 rings (SSSR count). The van der Waals surface area contributed by atoms with E-state index in [0.29, 0.717) is 10.0 Å². The second kappa shape index (κ2) is 19.4. The summed E-state index contributed by atoms with van der Waals surface area (Å²) in [5.74, 6) is -0.887. The van der Waals surface area contributed by atoms with Gasteiger partial charge in [-0.25, -0.2) is 9.59 Å². The summed E-state index contributed by atoms with van der Waals surface area (Å²) >= 11 is 10.8. The summed E-state index contributed by atoms with van der Waals surface area (Å²) in [6, 6.07) is -3.20. The van der Waals surface area contributed by atoms with Gasteiger partial charge in [0, 0.05) is 11.8 Å². The van der Waals surface area contributed by atoms with Crippen molar-refractivity contribution in [2.45, 2.75) is 57.2 Å². The van der Waals surface area contributed by atoms with Crippen LogP contribution in [0.15, 0.2) is 10.6 Å². The van der Waals surface area contributed by atoms with Crippen LogP contribution < -0.4 is 10.6 Å². The molecule has 0 spiro atoms. The molecule has 1 saturated heterocycles. The van der Waals surface area contributed by atoms with Gasteiger partial charge in [-0.3, -0.25) is 4.57 Å². The Balaban J connectivity index is 0.000000742. The van der Waals surface area contributed by atoms with E-state index >= 15 is 0 Å². The standard InChI is InChI=1S/C9H16ClN3O7.C9H19ClN3O5P/c10-1-2-13(12-19)9(18)11-5-7(16)6(15)4(3-14)20-8(5)17;1-4-17-19(16,18-5-2)8(3)11-9(14)13(12-15)7-6-10/h4-8,14-17H,1-3H2,(H,11,18);8H,4-7H2,1-3H3,(H,11,14)/t4-,5-,6-,7-,8+;/m1./s1. The highest BCUT2D eigenvalue weighted by molar-refractivity contribution is 7.54. The van der Waals surface area contributed by atoms with Crippen LogP contribution in [0.5, 0.6) is 0 Å². The number of urea groups is 2. The predicted octanol–water partition coefficient (Wildman–Crippen LogP) is 0.248. The first-order valence-electron chi connectivity index (χ1n) is 11.5. The molecule has 0 aromatic carbocycles. The number of amides is 4. The second-order valence-electron chi connectivity index (χ2n) is 7.49. The van der Waals surface area contributed by atoms with Gasteiger partial charge < -0.3 is 44.8 Å². The Hall–Kier alpha value is -1.73. The average molecular weight is 629 g/mol. The van der Waals surface area contributed by atoms with Crippen LogP contribution in [-0.4, -0.2) is 124 Å². The maximum atomic E-state index is 12.3. The Kier molecular flexibility index (Phi) is 18.5. The molecule has 18 nitrogen and oxygen atoms in total. The van der Waals surface area contributed by atoms with E-state index < -0.39 is 62.7 Å². The van der Waals surface area contributed by atoms with Crippen molar-refractivity contribution in [2.24, 2.45) is 10.6 Å². The summed E-state index contributed by atoms with van der Waals surface area (Å²) in [4.78, 5) is 44.2. The van der Waals surface area contributed by atoms with E-state index in [1.807, 2.05) is 0 Å². The van der Waals surface area contributed by atoms with Gasteiger partial charge in [0.15, 0.2) is 6.29 Å². The van der Waals surface area contributed by atoms with Crippen LogP contribution in [0.25, 0.3) is 0 Å². The van der Waals surface area contributed by atoms with Gasteiger partial charge in [0.05, 0.1) is 43.5 Å². The van der Waals surface area contributed by atoms with Crippen LogP contribution in [-0.2, 0) is 18.3 Å². The summed E-state index contributed by atoms with van der Waals surface area (Å²) in [6.45, 7) is 4.30. The molecule has 39 heavy (non-hydrogen) atoms. The van der Waals surface area contributed by atoms with Gasteiger partial charge in [0.1, 0.15) is 30.1 Å². The molecule has 1 heterocycles. The molecule has 1 unspecified atom stereocenters. The van der Waals surface area contributed by atoms with E-state index in [-0.39, 0.29) is 38.1 Å². The van der Waals surface area contributed by atoms with Crippen LogP contribution in [0, 0.1) is 9.81 Å². The number of carbonyl (C=O) groups excluding carboxylic acids is 2. The minimum atomic E-state index is -3.47. The smallest absolute Gasteiger partial charge is 0.352 e. The number of nitroso groups, excluding NO2 is 2. The first-order valence-corrected chi connectivity index (χ1v) is 14.2. The number of nitrogens with one attached hydrogen (secondary N) is 2. The van der Waals surface area contributed by atoms with Gasteiger partial charge in [-0.05, 0) is 20.8 Å². The third kappa shape index (κ3) is 11.7. The third-order valence-electron chi connectivity index (χ3n) is 4.87. The highest BCUT2D eigenvalue weighted by Gasteiger charge is 2.44. The first kappa shape index (κ1) is 37.3. The Morgan fingerprint density at radius 1 is 1.00 bits per heavy atom. The number of hydrogen-bond acceptors (Lipinski definition) is 14. The van der Waals surface area contributed by atoms with Crippen LogP contribution in [0.4, 0.5) is 9.59 Å². The number of rotatable bonds is 14. The fraction of sp³-hybridized carbons (Fsp3) is 0.889. The molecule has 21 heteroatoms. The van der Waals surface area contributed by atoms with Crippen molar-refractivity contribution in [1.29, 1.82) is 0 Å². The molecule has 0 aliphatic carbocycles. The lowest BCUT2D eigenvalue weighted by Crippen LogP contribution is -2.65. The lowest BCUT2D eigenvalue weighted by atomic mass is 9.97. The van der Waals surface area contributed by atoms with Crippen molar-refractivity contribution in [3.05, 3.63) is 9.81 Å². The minimum absolute atomic E-state index is 0.0410. The molecule has 1 fully saturated rings. The van der Waals surface area contributed by atoms with Crippen molar-refractivity contribution in [2.75, 3.05) is 44.7 Å². The summed E-state index contributed by atoms with van der Waals surface area (Å²) in [7, 11) is -3.47. The third-order valence-corrected chi connectivity index (χ3v) is 7.53. The normalized spacial score (nSPS) is 23.5. The Morgan fingerprint density at radius 2 is 1.49 bits per heavy atom. The number of aliphatic hydroxyl groups is 4. The van der Waals surface area contributed by atoms with Crippen LogP contribution in [0.2, 0.25) is 0 Å². The molecule has 6 N–H and O–H groups in total. The first-order chi connectivity index (χ1) is 18.4. The van der Waals surface area contributed by atoms with Crippen molar-refractivity contribution < 1.29 is 48.4 Å². The van der Waals surface area contributed by atoms with Gasteiger partial charge >= 0.3 is 19.7 Å². The van der Waals surface area contributed by atoms with Crippen LogP contribution in [0.3, 0.4) is 0 Å². The zero-order valence-corrected chi connectivity index (χ0v) is 23.9. The van der Waals surface area contributed by atoms with Crippen molar-refractivity contribution in [3.63, 3.8) is 0 Å². The average Bonchev–Trinajstić information content (AvgIpc) is 2.90. The Morgan fingerprint density at radius 3 is 1.90 bits per heavy atom. The SMILES string of the molecule is CCOP(=O)(OCC)C(C)NC(=O)N(CCCl)N=O.O=NN(CCCl)C(=O)N[C@@H]1[C@@H](O)[C@H](O)[C@@H](CO)O[C@@H]1O. The number of halogens is 2. The highest BCUT2D eigenvalue weighted by atomic mass is 35.5. The molecular weight excluding hydrogens is 594 g/mol. The second-order valence-corrected chi connectivity index (χ2v) is 10.6. The van der Waals surface area contributed by atoms with E-state index in [9.17, 15) is 39.3 Å². The maximum absolute atomic E-state index is 12.3. The lowest BCUT2D eigenvalue weighted by molar-refractivity contribution is -0.252. The molecular formula is C18H35Cl2N6O12P. The lowest BCUT2D eigenvalue weighted by Gasteiger charge is -2.40. The Labute approximate surface area is 234 Å². The molecule has 0 aromatic heterocycles. The van der Waals surface area contributed by atoms with E-state index in [4.69, 9.17) is 42.1 Å².